The van der Waals surface area contributed by atoms with Gasteiger partial charge in [0.15, 0.2) is 0 Å². The first kappa shape index (κ1) is 18.2. The molecule has 0 aromatic heterocycles. The van der Waals surface area contributed by atoms with Gasteiger partial charge in [0.2, 0.25) is 11.8 Å². The maximum atomic E-state index is 12.2. The third-order valence-electron chi connectivity index (χ3n) is 5.19. The SMILES string of the molecule is C[C@@H]1CCCN(C(=O)COCC(=O)N2CCC[C@@H](C)CC2)CC1. The molecule has 0 bridgehead atoms. The van der Waals surface area contributed by atoms with Crippen molar-refractivity contribution in [2.75, 3.05) is 39.4 Å². The standard InChI is InChI=1S/C18H32N2O3/c1-15-5-3-9-19(11-7-15)17(21)13-23-14-18(22)20-10-4-6-16(2)8-12-20/h15-16H,3-14H2,1-2H3/t15-,16-/m1/s1. The highest BCUT2D eigenvalue weighted by molar-refractivity contribution is 5.79. The lowest BCUT2D eigenvalue weighted by atomic mass is 10.0. The van der Waals surface area contributed by atoms with E-state index >= 15 is 0 Å². The number of carbonyl (C=O) groups is 2. The first-order valence-electron chi connectivity index (χ1n) is 9.19. The Morgan fingerprint density at radius 1 is 0.783 bits per heavy atom. The highest BCUT2D eigenvalue weighted by atomic mass is 16.5. The molecular weight excluding hydrogens is 292 g/mol. The van der Waals surface area contributed by atoms with Crippen LogP contribution in [0.5, 0.6) is 0 Å². The predicted octanol–water partition coefficient (Wildman–Crippen LogP) is 2.30. The normalized spacial score (nSPS) is 26.5. The van der Waals surface area contributed by atoms with Crippen molar-refractivity contribution < 1.29 is 14.3 Å². The molecule has 0 aliphatic carbocycles. The lowest BCUT2D eigenvalue weighted by Gasteiger charge is -2.22. The van der Waals surface area contributed by atoms with Gasteiger partial charge in [-0.1, -0.05) is 13.8 Å². The molecule has 2 atom stereocenters. The number of ether oxygens (including phenoxy) is 1. The Bertz CT molecular complexity index is 364. The van der Waals surface area contributed by atoms with Gasteiger partial charge in [-0.3, -0.25) is 9.59 Å². The van der Waals surface area contributed by atoms with E-state index in [0.717, 1.165) is 51.9 Å². The number of hydrogen-bond donors (Lipinski definition) is 0. The Kier molecular flexibility index (Phi) is 7.34. The molecule has 23 heavy (non-hydrogen) atoms. The smallest absolute Gasteiger partial charge is 0.248 e. The van der Waals surface area contributed by atoms with Crippen molar-refractivity contribution >= 4 is 11.8 Å². The summed E-state index contributed by atoms with van der Waals surface area (Å²) >= 11 is 0. The van der Waals surface area contributed by atoms with Crippen LogP contribution in [0.1, 0.15) is 52.4 Å². The summed E-state index contributed by atoms with van der Waals surface area (Å²) in [6.07, 6.45) is 6.65. The van der Waals surface area contributed by atoms with E-state index in [1.165, 1.54) is 12.8 Å². The van der Waals surface area contributed by atoms with Gasteiger partial charge in [0, 0.05) is 26.2 Å². The number of carbonyl (C=O) groups excluding carboxylic acids is 2. The molecule has 2 fully saturated rings. The van der Waals surface area contributed by atoms with E-state index in [-0.39, 0.29) is 25.0 Å². The molecular formula is C18H32N2O3. The van der Waals surface area contributed by atoms with Crippen molar-refractivity contribution in [3.8, 4) is 0 Å². The third-order valence-corrected chi connectivity index (χ3v) is 5.19. The Labute approximate surface area is 140 Å². The van der Waals surface area contributed by atoms with Gasteiger partial charge in [0.25, 0.3) is 0 Å². The first-order valence-corrected chi connectivity index (χ1v) is 9.19. The topological polar surface area (TPSA) is 49.9 Å². The second-order valence-corrected chi connectivity index (χ2v) is 7.33. The number of hydrogen-bond acceptors (Lipinski definition) is 3. The van der Waals surface area contributed by atoms with Crippen LogP contribution in [0.3, 0.4) is 0 Å². The minimum absolute atomic E-state index is 0.0244. The molecule has 0 aromatic rings. The van der Waals surface area contributed by atoms with Crippen LogP contribution in [-0.2, 0) is 14.3 Å². The summed E-state index contributed by atoms with van der Waals surface area (Å²) in [5.41, 5.74) is 0. The molecule has 0 N–H and O–H groups in total. The average molecular weight is 324 g/mol. The fourth-order valence-corrected chi connectivity index (χ4v) is 3.43. The second-order valence-electron chi connectivity index (χ2n) is 7.33. The molecule has 2 rings (SSSR count). The van der Waals surface area contributed by atoms with Gasteiger partial charge in [-0.05, 0) is 50.4 Å². The minimum atomic E-state index is 0.0244. The van der Waals surface area contributed by atoms with Crippen molar-refractivity contribution in [3.63, 3.8) is 0 Å². The quantitative estimate of drug-likeness (QED) is 0.797. The van der Waals surface area contributed by atoms with E-state index in [1.54, 1.807) is 0 Å². The summed E-state index contributed by atoms with van der Waals surface area (Å²) in [7, 11) is 0. The molecule has 0 spiro atoms. The van der Waals surface area contributed by atoms with Crippen LogP contribution in [0.15, 0.2) is 0 Å². The van der Waals surface area contributed by atoms with Crippen molar-refractivity contribution in [1.29, 1.82) is 0 Å². The average Bonchev–Trinajstić information content (AvgIpc) is 2.87. The van der Waals surface area contributed by atoms with Gasteiger partial charge in [-0.2, -0.15) is 0 Å². The molecule has 132 valence electrons. The molecule has 2 aliphatic rings. The Balaban J connectivity index is 1.67. The van der Waals surface area contributed by atoms with Crippen molar-refractivity contribution in [1.82, 2.24) is 9.80 Å². The Morgan fingerprint density at radius 3 is 1.65 bits per heavy atom. The van der Waals surface area contributed by atoms with Crippen LogP contribution >= 0.6 is 0 Å². The van der Waals surface area contributed by atoms with E-state index < -0.39 is 0 Å². The van der Waals surface area contributed by atoms with Crippen LogP contribution in [0.25, 0.3) is 0 Å². The molecule has 5 nitrogen and oxygen atoms in total. The minimum Gasteiger partial charge on any atom is -0.362 e. The zero-order valence-electron chi connectivity index (χ0n) is 14.8. The second kappa shape index (κ2) is 9.26. The zero-order valence-corrected chi connectivity index (χ0v) is 14.8. The molecule has 0 radical (unpaired) electrons. The van der Waals surface area contributed by atoms with Crippen molar-refractivity contribution in [2.24, 2.45) is 11.8 Å². The van der Waals surface area contributed by atoms with Crippen molar-refractivity contribution in [2.45, 2.75) is 52.4 Å². The van der Waals surface area contributed by atoms with Gasteiger partial charge in [0.1, 0.15) is 13.2 Å². The number of amides is 2. The largest absolute Gasteiger partial charge is 0.362 e. The maximum absolute atomic E-state index is 12.2. The summed E-state index contributed by atoms with van der Waals surface area (Å²) in [6, 6.07) is 0. The van der Waals surface area contributed by atoms with Gasteiger partial charge in [-0.15, -0.1) is 0 Å². The molecule has 5 heteroatoms. The van der Waals surface area contributed by atoms with Crippen LogP contribution in [0, 0.1) is 11.8 Å². The van der Waals surface area contributed by atoms with Crippen LogP contribution in [0.2, 0.25) is 0 Å². The highest BCUT2D eigenvalue weighted by Gasteiger charge is 2.21. The lowest BCUT2D eigenvalue weighted by Crippen LogP contribution is -2.38. The van der Waals surface area contributed by atoms with E-state index in [0.29, 0.717) is 11.8 Å². The summed E-state index contributed by atoms with van der Waals surface area (Å²) in [5.74, 6) is 1.44. The van der Waals surface area contributed by atoms with E-state index in [1.807, 2.05) is 9.80 Å². The molecule has 0 aromatic carbocycles. The van der Waals surface area contributed by atoms with Crippen LogP contribution in [0.4, 0.5) is 0 Å². The number of likely N-dealkylation sites (tertiary alicyclic amines) is 2. The monoisotopic (exact) mass is 324 g/mol. The lowest BCUT2D eigenvalue weighted by molar-refractivity contribution is -0.142. The van der Waals surface area contributed by atoms with Gasteiger partial charge < -0.3 is 14.5 Å². The van der Waals surface area contributed by atoms with Crippen LogP contribution < -0.4 is 0 Å². The number of nitrogens with zero attached hydrogens (tertiary/aromatic N) is 2. The summed E-state index contributed by atoms with van der Waals surface area (Å²) in [5, 5.41) is 0. The number of rotatable bonds is 4. The fourth-order valence-electron chi connectivity index (χ4n) is 3.43. The zero-order chi connectivity index (χ0) is 16.7. The van der Waals surface area contributed by atoms with Gasteiger partial charge in [0.05, 0.1) is 0 Å². The maximum Gasteiger partial charge on any atom is 0.248 e. The predicted molar refractivity (Wildman–Crippen MR) is 90.0 cm³/mol. The summed E-state index contributed by atoms with van der Waals surface area (Å²) in [6.45, 7) is 7.84. The summed E-state index contributed by atoms with van der Waals surface area (Å²) < 4.78 is 5.42. The van der Waals surface area contributed by atoms with Gasteiger partial charge >= 0.3 is 0 Å². The Morgan fingerprint density at radius 2 is 1.22 bits per heavy atom. The fraction of sp³-hybridized carbons (Fsp3) is 0.889. The van der Waals surface area contributed by atoms with Crippen molar-refractivity contribution in [3.05, 3.63) is 0 Å². The molecule has 0 unspecified atom stereocenters. The highest BCUT2D eigenvalue weighted by Crippen LogP contribution is 2.17. The first-order chi connectivity index (χ1) is 11.1. The summed E-state index contributed by atoms with van der Waals surface area (Å²) in [4.78, 5) is 28.2. The molecule has 0 saturated carbocycles. The van der Waals surface area contributed by atoms with Crippen LogP contribution in [-0.4, -0.2) is 61.0 Å². The Hall–Kier alpha value is -1.10. The molecule has 2 saturated heterocycles. The molecule has 2 aliphatic heterocycles. The van der Waals surface area contributed by atoms with Gasteiger partial charge in [-0.25, -0.2) is 0 Å². The third kappa shape index (κ3) is 6.13. The molecule has 2 heterocycles. The van der Waals surface area contributed by atoms with E-state index in [2.05, 4.69) is 13.8 Å². The van der Waals surface area contributed by atoms with E-state index in [4.69, 9.17) is 4.74 Å². The van der Waals surface area contributed by atoms with E-state index in [9.17, 15) is 9.59 Å². The molecule has 2 amide bonds.